The monoisotopic (exact) mass is 271 g/mol. The predicted molar refractivity (Wildman–Crippen MR) is 66.8 cm³/mol. The molecule has 19 heavy (non-hydrogen) atoms. The number of likely N-dealkylation sites (tertiary alicyclic amines) is 1. The fourth-order valence-corrected chi connectivity index (χ4v) is 2.66. The number of carboxylic acids is 1. The van der Waals surface area contributed by atoms with Gasteiger partial charge in [-0.05, 0) is 33.6 Å². The second-order valence-electron chi connectivity index (χ2n) is 6.17. The van der Waals surface area contributed by atoms with Gasteiger partial charge in [0.2, 0.25) is 0 Å². The van der Waals surface area contributed by atoms with Gasteiger partial charge < -0.3 is 19.5 Å². The first-order valence-electron chi connectivity index (χ1n) is 6.62. The molecule has 0 aliphatic carbocycles. The Hall–Kier alpha value is -1.30. The van der Waals surface area contributed by atoms with Crippen LogP contribution < -0.4 is 0 Å². The summed E-state index contributed by atoms with van der Waals surface area (Å²) in [5, 5.41) is 9.16. The number of nitrogens with zero attached hydrogens (tertiary/aromatic N) is 1. The molecule has 3 atom stereocenters. The van der Waals surface area contributed by atoms with E-state index in [1.165, 1.54) is 4.90 Å². The van der Waals surface area contributed by atoms with Crippen LogP contribution in [-0.2, 0) is 14.3 Å². The first kappa shape index (κ1) is 14.1. The zero-order valence-corrected chi connectivity index (χ0v) is 11.6. The molecule has 108 valence electrons. The maximum absolute atomic E-state index is 12.2. The SMILES string of the molecule is CC(C)(C)OC(=O)N1C[C@@H](C(=O)O)C[C@H]2OCC[C@H]21. The van der Waals surface area contributed by atoms with E-state index in [2.05, 4.69) is 0 Å². The van der Waals surface area contributed by atoms with E-state index in [4.69, 9.17) is 14.6 Å². The molecule has 1 N–H and O–H groups in total. The van der Waals surface area contributed by atoms with Gasteiger partial charge in [-0.3, -0.25) is 4.79 Å². The van der Waals surface area contributed by atoms with Gasteiger partial charge in [0, 0.05) is 13.2 Å². The van der Waals surface area contributed by atoms with Crippen LogP contribution in [0.5, 0.6) is 0 Å². The first-order valence-corrected chi connectivity index (χ1v) is 6.62. The highest BCUT2D eigenvalue weighted by Gasteiger charge is 2.45. The largest absolute Gasteiger partial charge is 0.481 e. The molecule has 0 unspecified atom stereocenters. The van der Waals surface area contributed by atoms with Crippen molar-refractivity contribution in [1.82, 2.24) is 4.90 Å². The van der Waals surface area contributed by atoms with Gasteiger partial charge >= 0.3 is 12.1 Å². The Labute approximate surface area is 112 Å². The van der Waals surface area contributed by atoms with E-state index in [1.54, 1.807) is 20.8 Å². The summed E-state index contributed by atoms with van der Waals surface area (Å²) in [4.78, 5) is 24.9. The Balaban J connectivity index is 2.11. The second-order valence-corrected chi connectivity index (χ2v) is 6.17. The molecule has 0 radical (unpaired) electrons. The number of aliphatic carboxylic acids is 1. The molecule has 6 nitrogen and oxygen atoms in total. The van der Waals surface area contributed by atoms with Crippen molar-refractivity contribution in [1.29, 1.82) is 0 Å². The van der Waals surface area contributed by atoms with Gasteiger partial charge in [0.15, 0.2) is 0 Å². The molecule has 2 aliphatic heterocycles. The van der Waals surface area contributed by atoms with E-state index < -0.39 is 23.6 Å². The standard InChI is InChI=1S/C13H21NO5/c1-13(2,3)19-12(17)14-7-8(11(15)16)6-10-9(14)4-5-18-10/h8-10H,4-7H2,1-3H3,(H,15,16)/t8-,9+,10+/m0/s1. The Kier molecular flexibility index (Phi) is 3.71. The van der Waals surface area contributed by atoms with Gasteiger partial charge in [-0.25, -0.2) is 4.79 Å². The number of amides is 1. The number of hydrogen-bond donors (Lipinski definition) is 1. The highest BCUT2D eigenvalue weighted by atomic mass is 16.6. The summed E-state index contributed by atoms with van der Waals surface area (Å²) in [5.74, 6) is -1.46. The number of carbonyl (C=O) groups is 2. The summed E-state index contributed by atoms with van der Waals surface area (Å²) in [6.07, 6.45) is 0.594. The van der Waals surface area contributed by atoms with E-state index in [-0.39, 0.29) is 18.7 Å². The van der Waals surface area contributed by atoms with Crippen LogP contribution >= 0.6 is 0 Å². The smallest absolute Gasteiger partial charge is 0.410 e. The molecule has 0 aromatic heterocycles. The summed E-state index contributed by atoms with van der Waals surface area (Å²) in [7, 11) is 0. The number of fused-ring (bicyclic) bond motifs is 1. The minimum Gasteiger partial charge on any atom is -0.481 e. The van der Waals surface area contributed by atoms with E-state index in [0.717, 1.165) is 6.42 Å². The van der Waals surface area contributed by atoms with Gasteiger partial charge in [-0.1, -0.05) is 0 Å². The summed E-state index contributed by atoms with van der Waals surface area (Å²) in [5.41, 5.74) is -0.581. The van der Waals surface area contributed by atoms with Crippen molar-refractivity contribution in [3.05, 3.63) is 0 Å². The highest BCUT2D eigenvalue weighted by Crippen LogP contribution is 2.32. The van der Waals surface area contributed by atoms with Crippen LogP contribution in [0.3, 0.4) is 0 Å². The van der Waals surface area contributed by atoms with E-state index in [0.29, 0.717) is 13.0 Å². The lowest BCUT2D eigenvalue weighted by molar-refractivity contribution is -0.146. The van der Waals surface area contributed by atoms with Crippen molar-refractivity contribution in [3.8, 4) is 0 Å². The lowest BCUT2D eigenvalue weighted by Gasteiger charge is -2.39. The van der Waals surface area contributed by atoms with E-state index >= 15 is 0 Å². The van der Waals surface area contributed by atoms with Crippen LogP contribution in [0.2, 0.25) is 0 Å². The topological polar surface area (TPSA) is 76.1 Å². The van der Waals surface area contributed by atoms with Crippen LogP contribution in [-0.4, -0.2) is 53.0 Å². The molecule has 0 saturated carbocycles. The molecule has 2 fully saturated rings. The fraction of sp³-hybridized carbons (Fsp3) is 0.846. The van der Waals surface area contributed by atoms with Crippen LogP contribution in [0.15, 0.2) is 0 Å². The molecular formula is C13H21NO5. The molecule has 0 aromatic rings. The van der Waals surface area contributed by atoms with Crippen molar-refractivity contribution >= 4 is 12.1 Å². The number of rotatable bonds is 1. The Morgan fingerprint density at radius 3 is 2.63 bits per heavy atom. The van der Waals surface area contributed by atoms with Crippen molar-refractivity contribution in [2.75, 3.05) is 13.2 Å². The lowest BCUT2D eigenvalue weighted by atomic mass is 9.90. The van der Waals surface area contributed by atoms with Crippen LogP contribution in [0.25, 0.3) is 0 Å². The van der Waals surface area contributed by atoms with Crippen molar-refractivity contribution < 1.29 is 24.2 Å². The summed E-state index contributed by atoms with van der Waals surface area (Å²) < 4.78 is 10.9. The molecular weight excluding hydrogens is 250 g/mol. The molecule has 2 saturated heterocycles. The highest BCUT2D eigenvalue weighted by molar-refractivity contribution is 5.74. The Morgan fingerprint density at radius 1 is 1.37 bits per heavy atom. The third-order valence-electron chi connectivity index (χ3n) is 3.49. The number of carbonyl (C=O) groups excluding carboxylic acids is 1. The zero-order valence-electron chi connectivity index (χ0n) is 11.6. The first-order chi connectivity index (χ1) is 8.78. The van der Waals surface area contributed by atoms with E-state index in [1.807, 2.05) is 0 Å². The molecule has 0 bridgehead atoms. The van der Waals surface area contributed by atoms with Gasteiger partial charge in [-0.2, -0.15) is 0 Å². The molecule has 2 aliphatic rings. The second kappa shape index (κ2) is 5.00. The summed E-state index contributed by atoms with van der Waals surface area (Å²) in [6, 6.07) is -0.0505. The maximum Gasteiger partial charge on any atom is 0.410 e. The quantitative estimate of drug-likeness (QED) is 0.782. The van der Waals surface area contributed by atoms with Crippen molar-refractivity contribution in [2.45, 2.75) is 51.4 Å². The minimum atomic E-state index is -0.887. The average molecular weight is 271 g/mol. The Morgan fingerprint density at radius 2 is 2.05 bits per heavy atom. The third kappa shape index (κ3) is 3.18. The van der Waals surface area contributed by atoms with Gasteiger partial charge in [-0.15, -0.1) is 0 Å². The summed E-state index contributed by atoms with van der Waals surface area (Å²) in [6.45, 7) is 6.17. The van der Waals surface area contributed by atoms with Gasteiger partial charge in [0.25, 0.3) is 0 Å². The van der Waals surface area contributed by atoms with Crippen LogP contribution in [0, 0.1) is 5.92 Å². The molecule has 6 heteroatoms. The van der Waals surface area contributed by atoms with Crippen LogP contribution in [0.4, 0.5) is 4.79 Å². The summed E-state index contributed by atoms with van der Waals surface area (Å²) >= 11 is 0. The van der Waals surface area contributed by atoms with Crippen molar-refractivity contribution in [2.24, 2.45) is 5.92 Å². The molecule has 1 amide bonds. The number of hydrogen-bond acceptors (Lipinski definition) is 4. The molecule has 0 spiro atoms. The molecule has 2 rings (SSSR count). The fourth-order valence-electron chi connectivity index (χ4n) is 2.66. The predicted octanol–water partition coefficient (Wildman–Crippen LogP) is 1.49. The number of carboxylic acid groups (broad SMARTS) is 1. The van der Waals surface area contributed by atoms with E-state index in [9.17, 15) is 9.59 Å². The Bertz CT molecular complexity index is 376. The molecule has 2 heterocycles. The van der Waals surface area contributed by atoms with Gasteiger partial charge in [0.1, 0.15) is 5.60 Å². The maximum atomic E-state index is 12.2. The normalized spacial score (nSPS) is 30.9. The third-order valence-corrected chi connectivity index (χ3v) is 3.49. The minimum absolute atomic E-state index is 0.0505. The van der Waals surface area contributed by atoms with Gasteiger partial charge in [0.05, 0.1) is 18.1 Å². The van der Waals surface area contributed by atoms with Crippen LogP contribution in [0.1, 0.15) is 33.6 Å². The van der Waals surface area contributed by atoms with Crippen molar-refractivity contribution in [3.63, 3.8) is 0 Å². The number of ether oxygens (including phenoxy) is 2. The lowest BCUT2D eigenvalue weighted by Crippen LogP contribution is -2.54. The zero-order chi connectivity index (χ0) is 14.2. The number of piperidine rings is 1. The molecule has 0 aromatic carbocycles. The average Bonchev–Trinajstić information content (AvgIpc) is 2.72.